The molecular formula is C9H10ClNO3. The van der Waals surface area contributed by atoms with Gasteiger partial charge in [0.15, 0.2) is 0 Å². The zero-order valence-electron chi connectivity index (χ0n) is 7.86. The number of hydrogen-bond donors (Lipinski definition) is 0. The fourth-order valence-corrected chi connectivity index (χ4v) is 1.80. The number of nitro groups is 1. The van der Waals surface area contributed by atoms with Crippen LogP contribution in [0, 0.1) is 16.0 Å². The fourth-order valence-electron chi connectivity index (χ4n) is 1.51. The molecule has 0 fully saturated rings. The van der Waals surface area contributed by atoms with Crippen LogP contribution in [0.5, 0.6) is 0 Å². The third-order valence-corrected chi connectivity index (χ3v) is 2.97. The Kier molecular flexibility index (Phi) is 2.76. The van der Waals surface area contributed by atoms with Crippen LogP contribution in [0.25, 0.3) is 0 Å². The summed E-state index contributed by atoms with van der Waals surface area (Å²) in [6.45, 7) is 3.37. The van der Waals surface area contributed by atoms with E-state index in [2.05, 4.69) is 0 Å². The molecule has 0 spiro atoms. The molecule has 0 N–H and O–H groups in total. The van der Waals surface area contributed by atoms with Crippen LogP contribution in [0.1, 0.15) is 13.8 Å². The van der Waals surface area contributed by atoms with Crippen molar-refractivity contribution in [1.82, 2.24) is 0 Å². The first-order valence-corrected chi connectivity index (χ1v) is 4.51. The lowest BCUT2D eigenvalue weighted by molar-refractivity contribution is -0.544. The Morgan fingerprint density at radius 1 is 1.71 bits per heavy atom. The largest absolute Gasteiger partial charge is 0.318 e. The highest BCUT2D eigenvalue weighted by molar-refractivity contribution is 6.65. The fraction of sp³-hybridized carbons (Fsp3) is 0.444. The Labute approximate surface area is 86.4 Å². The van der Waals surface area contributed by atoms with Crippen molar-refractivity contribution in [3.05, 3.63) is 33.9 Å². The lowest BCUT2D eigenvalue weighted by Gasteiger charge is -2.27. The van der Waals surface area contributed by atoms with E-state index in [1.54, 1.807) is 19.9 Å². The van der Waals surface area contributed by atoms with Crippen molar-refractivity contribution >= 4 is 16.8 Å². The zero-order valence-corrected chi connectivity index (χ0v) is 8.62. The number of carbonyl (C=O) groups excluding carboxylic acids is 1. The Hall–Kier alpha value is -1.16. The zero-order chi connectivity index (χ0) is 10.9. The number of rotatable bonds is 2. The second-order valence-corrected chi connectivity index (χ2v) is 3.69. The summed E-state index contributed by atoms with van der Waals surface area (Å²) in [4.78, 5) is 21.4. The lowest BCUT2D eigenvalue weighted by Crippen LogP contribution is -2.49. The van der Waals surface area contributed by atoms with Crippen molar-refractivity contribution in [2.75, 3.05) is 0 Å². The van der Waals surface area contributed by atoms with E-state index in [0.29, 0.717) is 0 Å². The minimum Gasteiger partial charge on any atom is -0.273 e. The topological polar surface area (TPSA) is 60.2 Å². The molecule has 2 unspecified atom stereocenters. The molecule has 0 radical (unpaired) electrons. The average molecular weight is 216 g/mol. The van der Waals surface area contributed by atoms with Gasteiger partial charge in [-0.05, 0) is 18.5 Å². The second-order valence-electron chi connectivity index (χ2n) is 3.35. The molecule has 0 aromatic heterocycles. The highest BCUT2D eigenvalue weighted by Crippen LogP contribution is 2.34. The molecule has 0 bridgehead atoms. The van der Waals surface area contributed by atoms with Crippen LogP contribution in [0.3, 0.4) is 0 Å². The van der Waals surface area contributed by atoms with Crippen LogP contribution in [0.15, 0.2) is 23.8 Å². The van der Waals surface area contributed by atoms with E-state index in [1.807, 2.05) is 0 Å². The third kappa shape index (κ3) is 1.35. The van der Waals surface area contributed by atoms with Gasteiger partial charge in [0.05, 0.1) is 5.92 Å². The van der Waals surface area contributed by atoms with E-state index in [9.17, 15) is 14.9 Å². The molecule has 1 rings (SSSR count). The smallest absolute Gasteiger partial charge is 0.273 e. The molecule has 0 aliphatic heterocycles. The van der Waals surface area contributed by atoms with E-state index in [4.69, 9.17) is 11.6 Å². The van der Waals surface area contributed by atoms with Crippen LogP contribution in [0.2, 0.25) is 0 Å². The monoisotopic (exact) mass is 215 g/mol. The molecule has 2 atom stereocenters. The quantitative estimate of drug-likeness (QED) is 0.402. The van der Waals surface area contributed by atoms with Crippen molar-refractivity contribution < 1.29 is 9.72 Å². The van der Waals surface area contributed by atoms with Gasteiger partial charge in [-0.2, -0.15) is 0 Å². The number of carbonyl (C=O) groups is 1. The molecule has 1 aliphatic rings. The van der Waals surface area contributed by atoms with E-state index >= 15 is 0 Å². The van der Waals surface area contributed by atoms with Gasteiger partial charge in [-0.1, -0.05) is 24.6 Å². The molecule has 0 aromatic carbocycles. The molecule has 0 saturated heterocycles. The summed E-state index contributed by atoms with van der Waals surface area (Å²) >= 11 is 5.31. The van der Waals surface area contributed by atoms with Gasteiger partial charge in [-0.15, -0.1) is 0 Å². The van der Waals surface area contributed by atoms with Gasteiger partial charge in [0.25, 0.3) is 0 Å². The number of hydrogen-bond acceptors (Lipinski definition) is 3. The first-order chi connectivity index (χ1) is 6.43. The molecule has 1 aliphatic carbocycles. The Bertz CT molecular complexity index is 332. The molecule has 4 nitrogen and oxygen atoms in total. The van der Waals surface area contributed by atoms with Crippen molar-refractivity contribution in [3.8, 4) is 0 Å². The summed E-state index contributed by atoms with van der Waals surface area (Å²) < 4.78 is 0. The molecule has 0 saturated carbocycles. The maximum atomic E-state index is 11.2. The first kappa shape index (κ1) is 10.9. The molecule has 0 amide bonds. The summed E-state index contributed by atoms with van der Waals surface area (Å²) in [5, 5.41) is 9.95. The van der Waals surface area contributed by atoms with E-state index in [1.165, 1.54) is 12.2 Å². The molecule has 76 valence electrons. The third-order valence-electron chi connectivity index (χ3n) is 2.67. The van der Waals surface area contributed by atoms with Crippen LogP contribution < -0.4 is 0 Å². The summed E-state index contributed by atoms with van der Waals surface area (Å²) in [5.74, 6) is -0.507. The lowest BCUT2D eigenvalue weighted by atomic mass is 9.79. The number of halogens is 1. The molecule has 0 aromatic rings. The second kappa shape index (κ2) is 3.53. The van der Waals surface area contributed by atoms with Gasteiger partial charge in [-0.3, -0.25) is 14.9 Å². The van der Waals surface area contributed by atoms with Crippen molar-refractivity contribution in [2.24, 2.45) is 5.92 Å². The van der Waals surface area contributed by atoms with Crippen LogP contribution in [0.4, 0.5) is 0 Å². The highest BCUT2D eigenvalue weighted by atomic mass is 35.5. The molecule has 5 heteroatoms. The molecular weight excluding hydrogens is 206 g/mol. The molecule has 0 heterocycles. The predicted octanol–water partition coefficient (Wildman–Crippen LogP) is 1.92. The summed E-state index contributed by atoms with van der Waals surface area (Å²) in [6.07, 6.45) is 4.49. The summed E-state index contributed by atoms with van der Waals surface area (Å²) in [5.41, 5.74) is -1.02. The van der Waals surface area contributed by atoms with Crippen LogP contribution in [-0.4, -0.2) is 15.7 Å². The van der Waals surface area contributed by atoms with Crippen LogP contribution in [-0.2, 0) is 4.79 Å². The number of allylic oxidation sites excluding steroid dienone is 2. The van der Waals surface area contributed by atoms with Crippen molar-refractivity contribution in [2.45, 2.75) is 19.4 Å². The van der Waals surface area contributed by atoms with E-state index < -0.39 is 21.6 Å². The van der Waals surface area contributed by atoms with Crippen molar-refractivity contribution in [1.29, 1.82) is 0 Å². The van der Waals surface area contributed by atoms with Crippen LogP contribution >= 0.6 is 11.6 Å². The van der Waals surface area contributed by atoms with E-state index in [0.717, 1.165) is 5.57 Å². The van der Waals surface area contributed by atoms with Gasteiger partial charge < -0.3 is 0 Å². The van der Waals surface area contributed by atoms with Gasteiger partial charge in [0.2, 0.25) is 0 Å². The van der Waals surface area contributed by atoms with Gasteiger partial charge >= 0.3 is 10.8 Å². The van der Waals surface area contributed by atoms with E-state index in [-0.39, 0.29) is 0 Å². The summed E-state index contributed by atoms with van der Waals surface area (Å²) in [7, 11) is 0. The van der Waals surface area contributed by atoms with Gasteiger partial charge in [0.1, 0.15) is 0 Å². The predicted molar refractivity (Wildman–Crippen MR) is 52.6 cm³/mol. The normalized spacial score (nSPS) is 31.1. The first-order valence-electron chi connectivity index (χ1n) is 4.13. The Balaban J connectivity index is 3.26. The highest BCUT2D eigenvalue weighted by Gasteiger charge is 2.54. The summed E-state index contributed by atoms with van der Waals surface area (Å²) in [6, 6.07) is 0. The maximum Gasteiger partial charge on any atom is 0.318 e. The minimum atomic E-state index is -1.79. The average Bonchev–Trinajstić information content (AvgIpc) is 2.08. The molecule has 14 heavy (non-hydrogen) atoms. The minimum absolute atomic E-state index is 0.507. The van der Waals surface area contributed by atoms with Crippen molar-refractivity contribution in [3.63, 3.8) is 0 Å². The standard InChI is InChI=1S/C9H10ClNO3/c1-6-4-3-5-9(7(6)2,8(10)12)11(13)14/h3-5,7H,1-2H3. The maximum absolute atomic E-state index is 11.2. The number of nitrogens with zero attached hydrogens (tertiary/aromatic N) is 1. The van der Waals surface area contributed by atoms with Gasteiger partial charge in [-0.25, -0.2) is 0 Å². The Morgan fingerprint density at radius 3 is 2.64 bits per heavy atom. The van der Waals surface area contributed by atoms with Gasteiger partial charge in [0, 0.05) is 11.0 Å². The SMILES string of the molecule is CC1=CC=CC(C(=O)Cl)([N+](=O)[O-])C1C. The Morgan fingerprint density at radius 2 is 2.29 bits per heavy atom.